The molecule has 14 heteroatoms. The highest BCUT2D eigenvalue weighted by Crippen LogP contribution is 2.40. The largest absolute Gasteiger partial charge is 0.449 e. The number of hydrogen-bond donors (Lipinski definition) is 0. The van der Waals surface area contributed by atoms with Gasteiger partial charge in [0.2, 0.25) is 5.75 Å². The molecule has 3 aromatic rings. The first-order valence-corrected chi connectivity index (χ1v) is 12.7. The molecule has 0 N–H and O–H groups in total. The first kappa shape index (κ1) is 28.3. The number of alkyl halides is 3. The topological polar surface area (TPSA) is 107 Å². The molecule has 39 heavy (non-hydrogen) atoms. The molecule has 4 rings (SSSR count). The van der Waals surface area contributed by atoms with Crippen molar-refractivity contribution in [1.82, 2.24) is 4.90 Å². The van der Waals surface area contributed by atoms with Crippen molar-refractivity contribution in [3.05, 3.63) is 102 Å². The Morgan fingerprint density at radius 3 is 2.38 bits per heavy atom. The number of Topliss-reactive ketones (excluding diaryl/α,β-unsaturated/α-hetero) is 1. The minimum absolute atomic E-state index is 0.0369. The Labute approximate surface area is 235 Å². The lowest BCUT2D eigenvalue weighted by Crippen LogP contribution is -2.33. The molecule has 8 nitrogen and oxygen atoms in total. The SMILES string of the molecule is O=C(CN1C(=O)S/C(=C/c2cc(Br)ccc2Oc2ccc(C(F)(F)F)cc2[N+](=O)[O-])C1=O)c1ccc(Cl)cc1. The molecule has 0 aliphatic carbocycles. The highest BCUT2D eigenvalue weighted by molar-refractivity contribution is 9.10. The van der Waals surface area contributed by atoms with E-state index in [9.17, 15) is 37.7 Å². The van der Waals surface area contributed by atoms with Crippen LogP contribution in [-0.2, 0) is 11.0 Å². The van der Waals surface area contributed by atoms with Gasteiger partial charge < -0.3 is 4.74 Å². The molecule has 1 heterocycles. The van der Waals surface area contributed by atoms with Crippen molar-refractivity contribution in [3.8, 4) is 11.5 Å². The van der Waals surface area contributed by atoms with E-state index in [-0.39, 0.29) is 21.8 Å². The Bertz CT molecular complexity index is 1550. The Balaban J connectivity index is 1.62. The normalized spacial score (nSPS) is 14.7. The zero-order chi connectivity index (χ0) is 28.5. The maximum atomic E-state index is 13.0. The summed E-state index contributed by atoms with van der Waals surface area (Å²) in [5.74, 6) is -1.74. The van der Waals surface area contributed by atoms with Crippen LogP contribution in [0.15, 0.2) is 70.0 Å². The summed E-state index contributed by atoms with van der Waals surface area (Å²) in [6, 6.07) is 12.1. The highest BCUT2D eigenvalue weighted by atomic mass is 79.9. The van der Waals surface area contributed by atoms with Crippen molar-refractivity contribution in [3.63, 3.8) is 0 Å². The summed E-state index contributed by atoms with van der Waals surface area (Å²) in [5, 5.41) is 11.2. The third kappa shape index (κ3) is 6.49. The summed E-state index contributed by atoms with van der Waals surface area (Å²) in [6.45, 7) is -0.511. The van der Waals surface area contributed by atoms with Crippen LogP contribution in [0.4, 0.5) is 23.7 Å². The summed E-state index contributed by atoms with van der Waals surface area (Å²) in [6.07, 6.45) is -3.52. The second-order valence-corrected chi connectivity index (χ2v) is 10.3. The minimum Gasteiger partial charge on any atom is -0.449 e. The fourth-order valence-corrected chi connectivity index (χ4v) is 4.75. The molecule has 3 aromatic carbocycles. The number of amides is 2. The van der Waals surface area contributed by atoms with Crippen LogP contribution in [0.2, 0.25) is 5.02 Å². The van der Waals surface area contributed by atoms with Gasteiger partial charge in [-0.3, -0.25) is 29.4 Å². The number of nitro benzene ring substituents is 1. The van der Waals surface area contributed by atoms with Gasteiger partial charge in [0.1, 0.15) is 5.75 Å². The fourth-order valence-electron chi connectivity index (χ4n) is 3.41. The smallest absolute Gasteiger partial charge is 0.416 e. The second-order valence-electron chi connectivity index (χ2n) is 7.92. The van der Waals surface area contributed by atoms with Gasteiger partial charge in [-0.25, -0.2) is 0 Å². The molecule has 0 saturated carbocycles. The molecule has 0 aromatic heterocycles. The lowest BCUT2D eigenvalue weighted by Gasteiger charge is -2.12. The van der Waals surface area contributed by atoms with Crippen LogP contribution >= 0.6 is 39.3 Å². The Kier molecular flexibility index (Phi) is 8.14. The number of thioether (sulfide) groups is 1. The van der Waals surface area contributed by atoms with Gasteiger partial charge in [0, 0.05) is 26.7 Å². The standard InChI is InChI=1S/C25H13BrClF3N2O6S/c26-16-4-8-20(38-21-7-3-15(25(28,29)30)11-18(21)32(36)37)14(9-16)10-22-23(34)31(24(35)39-22)12-19(33)13-1-5-17(27)6-2-13/h1-11H,12H2/b22-10+. The number of benzene rings is 3. The van der Waals surface area contributed by atoms with Crippen LogP contribution in [0.5, 0.6) is 11.5 Å². The number of ether oxygens (including phenoxy) is 1. The van der Waals surface area contributed by atoms with Gasteiger partial charge in [0.05, 0.1) is 21.9 Å². The van der Waals surface area contributed by atoms with Crippen molar-refractivity contribution >= 4 is 68.0 Å². The molecular weight excluding hydrogens is 629 g/mol. The fraction of sp³-hybridized carbons (Fsp3) is 0.0800. The van der Waals surface area contributed by atoms with Crippen LogP contribution in [0.1, 0.15) is 21.5 Å². The Morgan fingerprint density at radius 2 is 1.74 bits per heavy atom. The van der Waals surface area contributed by atoms with E-state index < -0.39 is 51.6 Å². The molecule has 0 bridgehead atoms. The summed E-state index contributed by atoms with van der Waals surface area (Å²) >= 11 is 9.65. The van der Waals surface area contributed by atoms with Crippen molar-refractivity contribution < 1.29 is 37.2 Å². The van der Waals surface area contributed by atoms with Crippen molar-refractivity contribution in [2.24, 2.45) is 0 Å². The molecule has 0 radical (unpaired) electrons. The molecule has 1 aliphatic rings. The molecule has 1 aliphatic heterocycles. The van der Waals surface area contributed by atoms with E-state index in [4.69, 9.17) is 16.3 Å². The number of nitro groups is 1. The van der Waals surface area contributed by atoms with Crippen LogP contribution in [-0.4, -0.2) is 33.3 Å². The van der Waals surface area contributed by atoms with Crippen LogP contribution in [0, 0.1) is 10.1 Å². The maximum absolute atomic E-state index is 13.0. The molecule has 1 fully saturated rings. The van der Waals surface area contributed by atoms with Crippen molar-refractivity contribution in [2.45, 2.75) is 6.18 Å². The molecule has 1 saturated heterocycles. The summed E-state index contributed by atoms with van der Waals surface area (Å²) in [5.41, 5.74) is -1.70. The molecule has 0 unspecified atom stereocenters. The van der Waals surface area contributed by atoms with Crippen LogP contribution < -0.4 is 4.74 Å². The van der Waals surface area contributed by atoms with E-state index in [1.807, 2.05) is 0 Å². The van der Waals surface area contributed by atoms with Gasteiger partial charge >= 0.3 is 11.9 Å². The van der Waals surface area contributed by atoms with E-state index in [0.717, 1.165) is 11.0 Å². The molecule has 200 valence electrons. The number of carbonyl (C=O) groups excluding carboxylic acids is 3. The average molecular weight is 642 g/mol. The zero-order valence-corrected chi connectivity index (χ0v) is 22.4. The van der Waals surface area contributed by atoms with Gasteiger partial charge in [-0.05, 0) is 72.4 Å². The number of nitrogens with zero attached hydrogens (tertiary/aromatic N) is 2. The van der Waals surface area contributed by atoms with Crippen LogP contribution in [0.25, 0.3) is 6.08 Å². The number of halogens is 5. The van der Waals surface area contributed by atoms with E-state index >= 15 is 0 Å². The van der Waals surface area contributed by atoms with Gasteiger partial charge in [0.15, 0.2) is 5.78 Å². The number of rotatable bonds is 7. The van der Waals surface area contributed by atoms with Gasteiger partial charge in [-0.1, -0.05) is 27.5 Å². The van der Waals surface area contributed by atoms with Gasteiger partial charge in [-0.15, -0.1) is 0 Å². The van der Waals surface area contributed by atoms with E-state index in [1.165, 1.54) is 48.5 Å². The summed E-state index contributed by atoms with van der Waals surface area (Å²) in [7, 11) is 0. The third-order valence-corrected chi connectivity index (χ3v) is 6.96. The maximum Gasteiger partial charge on any atom is 0.416 e. The number of carbonyl (C=O) groups is 3. The monoisotopic (exact) mass is 640 g/mol. The van der Waals surface area contributed by atoms with E-state index in [0.29, 0.717) is 33.4 Å². The first-order chi connectivity index (χ1) is 18.3. The minimum atomic E-state index is -4.80. The molecule has 0 spiro atoms. The molecule has 2 amide bonds. The first-order valence-electron chi connectivity index (χ1n) is 10.7. The highest BCUT2D eigenvalue weighted by Gasteiger charge is 2.37. The second kappa shape index (κ2) is 11.2. The predicted molar refractivity (Wildman–Crippen MR) is 141 cm³/mol. The zero-order valence-electron chi connectivity index (χ0n) is 19.2. The Hall–Kier alpha value is -3.68. The number of hydrogen-bond acceptors (Lipinski definition) is 7. The lowest BCUT2D eigenvalue weighted by atomic mass is 10.1. The molecule has 0 atom stereocenters. The van der Waals surface area contributed by atoms with Gasteiger partial charge in [-0.2, -0.15) is 13.2 Å². The van der Waals surface area contributed by atoms with Crippen molar-refractivity contribution in [2.75, 3.05) is 6.54 Å². The van der Waals surface area contributed by atoms with E-state index in [1.54, 1.807) is 0 Å². The number of imide groups is 1. The van der Waals surface area contributed by atoms with Gasteiger partial charge in [0.25, 0.3) is 11.1 Å². The van der Waals surface area contributed by atoms with E-state index in [2.05, 4.69) is 15.9 Å². The quantitative estimate of drug-likeness (QED) is 0.112. The lowest BCUT2D eigenvalue weighted by molar-refractivity contribution is -0.385. The molecular formula is C25H13BrClF3N2O6S. The number of ketones is 1. The van der Waals surface area contributed by atoms with Crippen LogP contribution in [0.3, 0.4) is 0 Å². The predicted octanol–water partition coefficient (Wildman–Crippen LogP) is 7.74. The Morgan fingerprint density at radius 1 is 1.08 bits per heavy atom. The third-order valence-electron chi connectivity index (χ3n) is 5.30. The van der Waals surface area contributed by atoms with Crippen molar-refractivity contribution in [1.29, 1.82) is 0 Å². The summed E-state index contributed by atoms with van der Waals surface area (Å²) in [4.78, 5) is 49.2. The average Bonchev–Trinajstić information content (AvgIpc) is 3.12. The summed E-state index contributed by atoms with van der Waals surface area (Å²) < 4.78 is 45.3.